The van der Waals surface area contributed by atoms with Crippen LogP contribution in [-0.2, 0) is 0 Å². The Kier molecular flexibility index (Phi) is 4.45. The summed E-state index contributed by atoms with van der Waals surface area (Å²) in [6.07, 6.45) is -1.55. The maximum atomic E-state index is 12.0. The highest BCUT2D eigenvalue weighted by Gasteiger charge is 2.32. The summed E-state index contributed by atoms with van der Waals surface area (Å²) in [5, 5.41) is 0. The summed E-state index contributed by atoms with van der Waals surface area (Å²) in [5.41, 5.74) is -0.0531. The Labute approximate surface area is 75.7 Å². The van der Waals surface area contributed by atoms with Gasteiger partial charge in [-0.15, -0.1) is 0 Å². The van der Waals surface area contributed by atoms with Crippen LogP contribution >= 0.6 is 0 Å². The number of aliphatic imine (C=N–C) groups is 1. The number of rotatable bonds is 3. The van der Waals surface area contributed by atoms with E-state index in [0.717, 1.165) is 18.7 Å². The lowest BCUT2D eigenvalue weighted by Gasteiger charge is -2.04. The van der Waals surface area contributed by atoms with Crippen molar-refractivity contribution in [3.05, 3.63) is 24.3 Å². The van der Waals surface area contributed by atoms with Crippen LogP contribution in [0, 0.1) is 0 Å². The molecule has 0 bridgehead atoms. The molecule has 0 heterocycles. The van der Waals surface area contributed by atoms with Gasteiger partial charge in [-0.1, -0.05) is 18.2 Å². The van der Waals surface area contributed by atoms with Gasteiger partial charge in [-0.2, -0.15) is 13.2 Å². The van der Waals surface area contributed by atoms with Gasteiger partial charge in [0.2, 0.25) is 0 Å². The molecule has 0 amide bonds. The van der Waals surface area contributed by atoms with Crippen molar-refractivity contribution < 1.29 is 13.2 Å². The molecule has 0 saturated carbocycles. The Bertz CT molecular complexity index is 236. The van der Waals surface area contributed by atoms with Crippen molar-refractivity contribution in [3.63, 3.8) is 0 Å². The molecule has 0 rings (SSSR count). The van der Waals surface area contributed by atoms with Gasteiger partial charge in [-0.05, 0) is 19.4 Å². The van der Waals surface area contributed by atoms with Gasteiger partial charge < -0.3 is 0 Å². The van der Waals surface area contributed by atoms with Crippen molar-refractivity contribution in [1.82, 2.24) is 0 Å². The fourth-order valence-corrected chi connectivity index (χ4v) is 0.668. The van der Waals surface area contributed by atoms with Gasteiger partial charge in [0, 0.05) is 7.05 Å². The minimum Gasteiger partial charge on any atom is -0.284 e. The normalized spacial score (nSPS) is 13.8. The van der Waals surface area contributed by atoms with E-state index in [9.17, 15) is 13.2 Å². The summed E-state index contributed by atoms with van der Waals surface area (Å²) in [4.78, 5) is 3.13. The molecule has 13 heavy (non-hydrogen) atoms. The first kappa shape index (κ1) is 11.9. The third-order valence-electron chi connectivity index (χ3n) is 1.27. The molecule has 0 saturated heterocycles. The second-order valence-corrected chi connectivity index (χ2v) is 2.67. The van der Waals surface area contributed by atoms with E-state index < -0.39 is 11.9 Å². The molecule has 4 heteroatoms. The van der Waals surface area contributed by atoms with Gasteiger partial charge in [-0.25, -0.2) is 0 Å². The van der Waals surface area contributed by atoms with Crippen molar-refractivity contribution >= 4 is 5.71 Å². The van der Waals surface area contributed by atoms with Gasteiger partial charge in [0.05, 0.1) is 0 Å². The molecule has 0 unspecified atom stereocenters. The number of hydrogen-bond donors (Lipinski definition) is 0. The lowest BCUT2D eigenvalue weighted by Crippen LogP contribution is -2.20. The van der Waals surface area contributed by atoms with Gasteiger partial charge in [0.25, 0.3) is 0 Å². The summed E-state index contributed by atoms with van der Waals surface area (Å²) in [7, 11) is 1.12. The van der Waals surface area contributed by atoms with E-state index in [1.165, 1.54) is 6.08 Å². The van der Waals surface area contributed by atoms with E-state index in [-0.39, 0.29) is 0 Å². The summed E-state index contributed by atoms with van der Waals surface area (Å²) < 4.78 is 36.1. The van der Waals surface area contributed by atoms with Gasteiger partial charge in [0.15, 0.2) is 0 Å². The van der Waals surface area contributed by atoms with E-state index in [0.29, 0.717) is 6.42 Å². The fourth-order valence-electron chi connectivity index (χ4n) is 0.668. The number of nitrogens with zero attached hydrogens (tertiary/aromatic N) is 1. The van der Waals surface area contributed by atoms with Crippen LogP contribution in [0.5, 0.6) is 0 Å². The predicted octanol–water partition coefficient (Wildman–Crippen LogP) is 3.14. The molecule has 0 aliphatic heterocycles. The molecule has 0 aromatic carbocycles. The minimum absolute atomic E-state index is 0.440. The number of hydrogen-bond acceptors (Lipinski definition) is 1. The van der Waals surface area contributed by atoms with Crippen molar-refractivity contribution in [1.29, 1.82) is 0 Å². The summed E-state index contributed by atoms with van der Waals surface area (Å²) in [5.74, 6) is 0. The zero-order valence-electron chi connectivity index (χ0n) is 7.65. The molecule has 74 valence electrons. The molecule has 0 N–H and O–H groups in total. The van der Waals surface area contributed by atoms with Crippen LogP contribution in [0.15, 0.2) is 29.3 Å². The van der Waals surface area contributed by atoms with Crippen LogP contribution in [0.2, 0.25) is 0 Å². The summed E-state index contributed by atoms with van der Waals surface area (Å²) >= 11 is 0. The first-order chi connectivity index (χ1) is 5.88. The maximum Gasteiger partial charge on any atom is 0.432 e. The minimum atomic E-state index is -4.36. The smallest absolute Gasteiger partial charge is 0.284 e. The zero-order chi connectivity index (χ0) is 10.5. The highest BCUT2D eigenvalue weighted by atomic mass is 19.4. The number of allylic oxidation sites excluding steroid dienone is 3. The van der Waals surface area contributed by atoms with Crippen LogP contribution in [0.1, 0.15) is 13.3 Å². The van der Waals surface area contributed by atoms with E-state index >= 15 is 0 Å². The Balaban J connectivity index is 4.32. The zero-order valence-corrected chi connectivity index (χ0v) is 7.65. The molecule has 1 nitrogen and oxygen atoms in total. The van der Waals surface area contributed by atoms with Gasteiger partial charge in [0.1, 0.15) is 5.71 Å². The predicted molar refractivity (Wildman–Crippen MR) is 48.0 cm³/mol. The lowest BCUT2D eigenvalue weighted by atomic mass is 10.2. The lowest BCUT2D eigenvalue weighted by molar-refractivity contribution is -0.0577. The van der Waals surface area contributed by atoms with Gasteiger partial charge in [-0.3, -0.25) is 4.99 Å². The van der Waals surface area contributed by atoms with Gasteiger partial charge >= 0.3 is 6.18 Å². The Morgan fingerprint density at radius 2 is 2.00 bits per heavy atom. The monoisotopic (exact) mass is 191 g/mol. The first-order valence-corrected chi connectivity index (χ1v) is 3.73. The SMILES string of the molecule is C=C(C)C/C=C\C(=NC)C(F)(F)F. The molecule has 0 atom stereocenters. The standard InChI is InChI=1S/C9H12F3N/c1-7(2)5-4-6-8(13-3)9(10,11)12/h4,6H,1,5H2,2-3H3/b6-4-,13-8?. The van der Waals surface area contributed by atoms with E-state index in [4.69, 9.17) is 0 Å². The average molecular weight is 191 g/mol. The topological polar surface area (TPSA) is 12.4 Å². The van der Waals surface area contributed by atoms with Crippen LogP contribution in [-0.4, -0.2) is 18.9 Å². The van der Waals surface area contributed by atoms with Crippen molar-refractivity contribution in [2.75, 3.05) is 7.05 Å². The van der Waals surface area contributed by atoms with E-state index in [2.05, 4.69) is 11.6 Å². The largest absolute Gasteiger partial charge is 0.432 e. The molecular weight excluding hydrogens is 179 g/mol. The second kappa shape index (κ2) is 4.84. The first-order valence-electron chi connectivity index (χ1n) is 3.73. The van der Waals surface area contributed by atoms with Crippen molar-refractivity contribution in [2.24, 2.45) is 4.99 Å². The van der Waals surface area contributed by atoms with Crippen LogP contribution < -0.4 is 0 Å². The number of alkyl halides is 3. The molecule has 0 aliphatic carbocycles. The highest BCUT2D eigenvalue weighted by Crippen LogP contribution is 2.18. The van der Waals surface area contributed by atoms with Crippen LogP contribution in [0.3, 0.4) is 0 Å². The average Bonchev–Trinajstić information content (AvgIpc) is 1.95. The third kappa shape index (κ3) is 5.22. The maximum absolute atomic E-state index is 12.0. The third-order valence-corrected chi connectivity index (χ3v) is 1.27. The summed E-state index contributed by atoms with van der Waals surface area (Å²) in [6, 6.07) is 0. The molecule has 0 fully saturated rings. The van der Waals surface area contributed by atoms with E-state index in [1.807, 2.05) is 0 Å². The van der Waals surface area contributed by atoms with Crippen molar-refractivity contribution in [3.8, 4) is 0 Å². The molecule has 0 aromatic rings. The molecule has 0 spiro atoms. The van der Waals surface area contributed by atoms with Crippen LogP contribution in [0.25, 0.3) is 0 Å². The van der Waals surface area contributed by atoms with Crippen molar-refractivity contribution in [2.45, 2.75) is 19.5 Å². The molecular formula is C9H12F3N. The molecule has 0 aromatic heterocycles. The molecule has 0 radical (unpaired) electrons. The van der Waals surface area contributed by atoms with Crippen LogP contribution in [0.4, 0.5) is 13.2 Å². The second-order valence-electron chi connectivity index (χ2n) is 2.67. The number of halogens is 3. The Hall–Kier alpha value is -1.06. The highest BCUT2D eigenvalue weighted by molar-refractivity contribution is 5.99. The fraction of sp³-hybridized carbons (Fsp3) is 0.444. The molecule has 0 aliphatic rings. The Morgan fingerprint density at radius 3 is 2.31 bits per heavy atom. The van der Waals surface area contributed by atoms with E-state index in [1.54, 1.807) is 6.92 Å². The Morgan fingerprint density at radius 1 is 1.46 bits per heavy atom. The summed E-state index contributed by atoms with van der Waals surface area (Å²) in [6.45, 7) is 5.32. The quantitative estimate of drug-likeness (QED) is 0.480.